The maximum absolute atomic E-state index is 12.6. The van der Waals surface area contributed by atoms with Crippen LogP contribution >= 0.6 is 11.6 Å². The molecule has 2 amide bonds. The van der Waals surface area contributed by atoms with E-state index in [2.05, 4.69) is 22.0 Å². The highest BCUT2D eigenvalue weighted by atomic mass is 35.5. The van der Waals surface area contributed by atoms with Crippen molar-refractivity contribution < 1.29 is 9.59 Å². The zero-order valence-corrected chi connectivity index (χ0v) is 17.3. The van der Waals surface area contributed by atoms with Crippen LogP contribution in [0.2, 0.25) is 5.02 Å². The molecule has 2 saturated heterocycles. The van der Waals surface area contributed by atoms with Crippen molar-refractivity contribution in [2.75, 3.05) is 32.7 Å². The van der Waals surface area contributed by atoms with Crippen LogP contribution < -0.4 is 11.1 Å². The third-order valence-electron chi connectivity index (χ3n) is 6.10. The van der Waals surface area contributed by atoms with Crippen LogP contribution in [-0.2, 0) is 9.59 Å². The molecule has 0 radical (unpaired) electrons. The summed E-state index contributed by atoms with van der Waals surface area (Å²) < 4.78 is 0. The number of nitrogens with zero attached hydrogens (tertiary/aromatic N) is 2. The van der Waals surface area contributed by atoms with Crippen LogP contribution in [0.4, 0.5) is 0 Å². The van der Waals surface area contributed by atoms with Crippen molar-refractivity contribution in [3.05, 3.63) is 34.9 Å². The molecule has 2 aliphatic rings. The number of primary amides is 1. The summed E-state index contributed by atoms with van der Waals surface area (Å²) in [5.41, 5.74) is 6.53. The Morgan fingerprint density at radius 2 is 1.96 bits per heavy atom. The minimum absolute atomic E-state index is 0.0202. The lowest BCUT2D eigenvalue weighted by molar-refractivity contribution is -0.128. The van der Waals surface area contributed by atoms with Crippen molar-refractivity contribution in [3.8, 4) is 0 Å². The van der Waals surface area contributed by atoms with Gasteiger partial charge in [0.05, 0.1) is 18.5 Å². The highest BCUT2D eigenvalue weighted by Gasteiger charge is 2.30. The van der Waals surface area contributed by atoms with E-state index in [1.807, 2.05) is 24.3 Å². The van der Waals surface area contributed by atoms with Gasteiger partial charge >= 0.3 is 0 Å². The maximum atomic E-state index is 12.6. The minimum atomic E-state index is -0.273. The van der Waals surface area contributed by atoms with E-state index in [-0.39, 0.29) is 29.8 Å². The normalized spacial score (nSPS) is 24.8. The Morgan fingerprint density at radius 1 is 1.25 bits per heavy atom. The van der Waals surface area contributed by atoms with Crippen LogP contribution in [0.5, 0.6) is 0 Å². The topological polar surface area (TPSA) is 78.7 Å². The fraction of sp³-hybridized carbons (Fsp3) is 0.619. The fourth-order valence-electron chi connectivity index (χ4n) is 4.32. The number of piperidine rings is 1. The van der Waals surface area contributed by atoms with Gasteiger partial charge in [0.2, 0.25) is 11.8 Å². The molecule has 154 valence electrons. The molecule has 2 aliphatic heterocycles. The van der Waals surface area contributed by atoms with Gasteiger partial charge in [-0.1, -0.05) is 29.8 Å². The van der Waals surface area contributed by atoms with Gasteiger partial charge in [0.1, 0.15) is 0 Å². The molecule has 7 heteroatoms. The number of hydrogen-bond acceptors (Lipinski definition) is 4. The Hall–Kier alpha value is -1.63. The van der Waals surface area contributed by atoms with E-state index < -0.39 is 0 Å². The number of nitrogens with two attached hydrogens (primary N) is 1. The van der Waals surface area contributed by atoms with Gasteiger partial charge < -0.3 is 11.1 Å². The molecule has 0 aliphatic carbocycles. The Kier molecular flexibility index (Phi) is 7.32. The number of hydrogen-bond donors (Lipinski definition) is 2. The second kappa shape index (κ2) is 9.72. The third-order valence-corrected chi connectivity index (χ3v) is 6.44. The Labute approximate surface area is 172 Å². The molecule has 28 heavy (non-hydrogen) atoms. The van der Waals surface area contributed by atoms with Gasteiger partial charge in [-0.2, -0.15) is 0 Å². The molecular weight excluding hydrogens is 376 g/mol. The minimum Gasteiger partial charge on any atom is -0.369 e. The van der Waals surface area contributed by atoms with Crippen molar-refractivity contribution >= 4 is 23.4 Å². The lowest BCUT2D eigenvalue weighted by Gasteiger charge is -2.36. The van der Waals surface area contributed by atoms with Gasteiger partial charge in [-0.25, -0.2) is 0 Å². The first kappa shape index (κ1) is 21.1. The molecule has 0 spiro atoms. The molecular formula is C21H31ClN4O2. The first-order valence-electron chi connectivity index (χ1n) is 10.2. The average Bonchev–Trinajstić information content (AvgIpc) is 3.19. The number of nitrogens with one attached hydrogen (secondary N) is 1. The van der Waals surface area contributed by atoms with Crippen LogP contribution in [0.25, 0.3) is 0 Å². The summed E-state index contributed by atoms with van der Waals surface area (Å²) in [6.07, 6.45) is 4.04. The van der Waals surface area contributed by atoms with E-state index >= 15 is 0 Å². The Balaban J connectivity index is 1.60. The van der Waals surface area contributed by atoms with Gasteiger partial charge in [0.25, 0.3) is 0 Å². The molecule has 0 saturated carbocycles. The molecule has 1 aromatic rings. The number of rotatable bonds is 7. The molecule has 2 heterocycles. The SMILES string of the molecule is CC1CCC(C(N)=O)CN1CC(=O)NCC(c1ccccc1Cl)N1CCCC1. The van der Waals surface area contributed by atoms with Crippen molar-refractivity contribution in [1.29, 1.82) is 0 Å². The van der Waals surface area contributed by atoms with E-state index in [4.69, 9.17) is 17.3 Å². The summed E-state index contributed by atoms with van der Waals surface area (Å²) in [6, 6.07) is 8.23. The van der Waals surface area contributed by atoms with Crippen molar-refractivity contribution in [1.82, 2.24) is 15.1 Å². The summed E-state index contributed by atoms with van der Waals surface area (Å²) in [5, 5.41) is 3.84. The molecule has 3 unspecified atom stereocenters. The predicted molar refractivity (Wildman–Crippen MR) is 111 cm³/mol. The molecule has 3 rings (SSSR count). The smallest absolute Gasteiger partial charge is 0.234 e. The van der Waals surface area contributed by atoms with E-state index in [1.165, 1.54) is 12.8 Å². The maximum Gasteiger partial charge on any atom is 0.234 e. The van der Waals surface area contributed by atoms with Gasteiger partial charge in [-0.15, -0.1) is 0 Å². The van der Waals surface area contributed by atoms with E-state index in [1.54, 1.807) is 0 Å². The summed E-state index contributed by atoms with van der Waals surface area (Å²) in [7, 11) is 0. The van der Waals surface area contributed by atoms with Crippen molar-refractivity contribution in [2.24, 2.45) is 11.7 Å². The standard InChI is InChI=1S/C21H31ClN4O2/c1-15-8-9-16(21(23)28)13-26(15)14-20(27)24-12-19(25-10-4-5-11-25)17-6-2-3-7-18(17)22/h2-3,6-7,15-16,19H,4-5,8-14H2,1H3,(H2,23,28)(H,24,27). The number of likely N-dealkylation sites (tertiary alicyclic amines) is 2. The van der Waals surface area contributed by atoms with Crippen LogP contribution in [0.3, 0.4) is 0 Å². The molecule has 2 fully saturated rings. The first-order valence-corrected chi connectivity index (χ1v) is 10.6. The number of carbonyl (C=O) groups is 2. The monoisotopic (exact) mass is 406 g/mol. The van der Waals surface area contributed by atoms with Crippen LogP contribution in [-0.4, -0.2) is 60.4 Å². The second-order valence-electron chi connectivity index (χ2n) is 8.04. The van der Waals surface area contributed by atoms with Gasteiger partial charge in [-0.05, 0) is 57.3 Å². The van der Waals surface area contributed by atoms with Crippen LogP contribution in [0, 0.1) is 5.92 Å². The summed E-state index contributed by atoms with van der Waals surface area (Å²) in [4.78, 5) is 28.6. The molecule has 0 aromatic heterocycles. The summed E-state index contributed by atoms with van der Waals surface area (Å²) in [5.74, 6) is -0.456. The fourth-order valence-corrected chi connectivity index (χ4v) is 4.58. The lowest BCUT2D eigenvalue weighted by atomic mass is 9.93. The first-order chi connectivity index (χ1) is 13.5. The van der Waals surface area contributed by atoms with Crippen molar-refractivity contribution in [2.45, 2.75) is 44.7 Å². The largest absolute Gasteiger partial charge is 0.369 e. The molecule has 3 atom stereocenters. The molecule has 6 nitrogen and oxygen atoms in total. The van der Waals surface area contributed by atoms with Gasteiger partial charge in [-0.3, -0.25) is 19.4 Å². The van der Waals surface area contributed by atoms with Crippen LogP contribution in [0.1, 0.15) is 44.2 Å². The quantitative estimate of drug-likeness (QED) is 0.727. The molecule has 1 aromatic carbocycles. The zero-order valence-electron chi connectivity index (χ0n) is 16.6. The average molecular weight is 407 g/mol. The number of halogens is 1. The molecule has 0 bridgehead atoms. The molecule has 3 N–H and O–H groups in total. The predicted octanol–water partition coefficient (Wildman–Crippen LogP) is 2.18. The highest BCUT2D eigenvalue weighted by Crippen LogP contribution is 2.29. The van der Waals surface area contributed by atoms with E-state index in [9.17, 15) is 9.59 Å². The Bertz CT molecular complexity index is 693. The van der Waals surface area contributed by atoms with Gasteiger partial charge in [0.15, 0.2) is 0 Å². The lowest BCUT2D eigenvalue weighted by Crippen LogP contribution is -2.50. The second-order valence-corrected chi connectivity index (χ2v) is 8.45. The van der Waals surface area contributed by atoms with Crippen molar-refractivity contribution in [3.63, 3.8) is 0 Å². The van der Waals surface area contributed by atoms with E-state index in [0.29, 0.717) is 19.6 Å². The summed E-state index contributed by atoms with van der Waals surface area (Å²) >= 11 is 6.44. The third kappa shape index (κ3) is 5.25. The number of carbonyl (C=O) groups excluding carboxylic acids is 2. The van der Waals surface area contributed by atoms with E-state index in [0.717, 1.165) is 36.5 Å². The van der Waals surface area contributed by atoms with Crippen LogP contribution in [0.15, 0.2) is 24.3 Å². The zero-order chi connectivity index (χ0) is 20.1. The summed E-state index contributed by atoms with van der Waals surface area (Å²) in [6.45, 7) is 5.53. The highest BCUT2D eigenvalue weighted by molar-refractivity contribution is 6.31. The number of benzene rings is 1. The Morgan fingerprint density at radius 3 is 2.64 bits per heavy atom. The number of amides is 2. The van der Waals surface area contributed by atoms with Gasteiger partial charge in [0, 0.05) is 24.2 Å².